The molecule has 1 heterocycles. The van der Waals surface area contributed by atoms with Crippen LogP contribution < -0.4 is 0 Å². The fourth-order valence-corrected chi connectivity index (χ4v) is 7.34. The first-order valence-electron chi connectivity index (χ1n) is 14.5. The Balaban J connectivity index is 1.48. The third-order valence-electron chi connectivity index (χ3n) is 9.14. The zero-order valence-electron chi connectivity index (χ0n) is 22.4. The van der Waals surface area contributed by atoms with E-state index < -0.39 is 0 Å². The van der Waals surface area contributed by atoms with Gasteiger partial charge in [0.2, 0.25) is 0 Å². The largest absolute Gasteiger partial charge is 0.179 e. The van der Waals surface area contributed by atoms with Gasteiger partial charge in [-0.05, 0) is 82.3 Å². The second-order valence-corrected chi connectivity index (χ2v) is 11.3. The maximum absolute atomic E-state index is 5.22. The second kappa shape index (κ2) is 9.60. The number of hydrogen-bond donors (Lipinski definition) is 0. The number of nitrogens with zero attached hydrogens (tertiary/aromatic N) is 3. The van der Waals surface area contributed by atoms with Crippen LogP contribution in [-0.4, -0.2) is 15.0 Å². The maximum atomic E-state index is 5.22. The first-order valence-corrected chi connectivity index (χ1v) is 14.5. The van der Waals surface area contributed by atoms with E-state index in [4.69, 9.17) is 10.2 Å². The van der Waals surface area contributed by atoms with Crippen LogP contribution in [0, 0.1) is 0 Å². The summed E-state index contributed by atoms with van der Waals surface area (Å²) < 4.78 is 0. The molecule has 3 nitrogen and oxygen atoms in total. The summed E-state index contributed by atoms with van der Waals surface area (Å²) in [4.78, 5) is 2.08. The van der Waals surface area contributed by atoms with Gasteiger partial charge in [0.15, 0.2) is 0 Å². The average molecular weight is 518 g/mol. The Kier molecular flexibility index (Phi) is 5.62. The van der Waals surface area contributed by atoms with Crippen LogP contribution in [0.2, 0.25) is 0 Å². The molecule has 0 N–H and O–H groups in total. The minimum atomic E-state index is -0.0480. The molecule has 0 bridgehead atoms. The lowest BCUT2D eigenvalue weighted by Crippen LogP contribution is -2.29. The molecule has 0 atom stereocenters. The van der Waals surface area contributed by atoms with Crippen molar-refractivity contribution >= 4 is 11.0 Å². The lowest BCUT2D eigenvalue weighted by molar-refractivity contribution is 0.336. The molecule has 0 amide bonds. The Bertz CT molecular complexity index is 1620. The van der Waals surface area contributed by atoms with Gasteiger partial charge in [-0.15, -0.1) is 0 Å². The molecule has 0 radical (unpaired) electrons. The molecule has 5 aromatic carbocycles. The quantitative estimate of drug-likeness (QED) is 0.239. The summed E-state index contributed by atoms with van der Waals surface area (Å²) in [6.07, 6.45) is 4.18. The van der Waals surface area contributed by atoms with E-state index >= 15 is 0 Å². The lowest BCUT2D eigenvalue weighted by atomic mass is 9.72. The summed E-state index contributed by atoms with van der Waals surface area (Å²) in [5.41, 5.74) is 13.2. The molecule has 6 aromatic rings. The molecule has 1 aromatic heterocycles. The molecule has 8 rings (SSSR count). The van der Waals surface area contributed by atoms with Crippen LogP contribution in [0.15, 0.2) is 121 Å². The van der Waals surface area contributed by atoms with Crippen LogP contribution in [0.3, 0.4) is 0 Å². The first-order chi connectivity index (χ1) is 19.8. The van der Waals surface area contributed by atoms with Crippen LogP contribution in [0.5, 0.6) is 0 Å². The summed E-state index contributed by atoms with van der Waals surface area (Å²) in [6, 6.07) is 44.6. The van der Waals surface area contributed by atoms with Gasteiger partial charge in [-0.3, -0.25) is 0 Å². The monoisotopic (exact) mass is 517 g/mol. The molecule has 0 aliphatic heterocycles. The fourth-order valence-electron chi connectivity index (χ4n) is 7.34. The zero-order valence-corrected chi connectivity index (χ0v) is 22.4. The van der Waals surface area contributed by atoms with Crippen molar-refractivity contribution in [2.24, 2.45) is 0 Å². The smallest absolute Gasteiger partial charge is 0.113 e. The van der Waals surface area contributed by atoms with Gasteiger partial charge in [-0.2, -0.15) is 15.0 Å². The second-order valence-electron chi connectivity index (χ2n) is 11.3. The van der Waals surface area contributed by atoms with E-state index in [1.165, 1.54) is 44.5 Å². The van der Waals surface area contributed by atoms with Crippen LogP contribution in [0.25, 0.3) is 11.0 Å². The van der Waals surface area contributed by atoms with E-state index in [1.807, 2.05) is 0 Å². The maximum Gasteiger partial charge on any atom is 0.113 e. The topological polar surface area (TPSA) is 30.7 Å². The number of benzene rings is 5. The van der Waals surface area contributed by atoms with Crippen molar-refractivity contribution in [3.05, 3.63) is 166 Å². The first kappa shape index (κ1) is 23.4. The van der Waals surface area contributed by atoms with Crippen molar-refractivity contribution in [3.63, 3.8) is 0 Å². The Morgan fingerprint density at radius 1 is 0.425 bits per heavy atom. The highest BCUT2D eigenvalue weighted by molar-refractivity contribution is 5.73. The number of fused-ring (bicyclic) bond motifs is 5. The van der Waals surface area contributed by atoms with Gasteiger partial charge < -0.3 is 0 Å². The summed E-state index contributed by atoms with van der Waals surface area (Å²) >= 11 is 0. The Hall–Kier alpha value is -4.50. The van der Waals surface area contributed by atoms with Gasteiger partial charge in [0.05, 0.1) is 6.04 Å². The summed E-state index contributed by atoms with van der Waals surface area (Å²) in [5.74, 6) is 0.196. The van der Waals surface area contributed by atoms with Gasteiger partial charge in [0.1, 0.15) is 11.0 Å². The van der Waals surface area contributed by atoms with Crippen LogP contribution in [0.4, 0.5) is 0 Å². The molecular formula is C37H31N3. The van der Waals surface area contributed by atoms with Crippen molar-refractivity contribution in [1.29, 1.82) is 0 Å². The van der Waals surface area contributed by atoms with Gasteiger partial charge in [0.25, 0.3) is 0 Å². The molecule has 0 fully saturated rings. The molecule has 2 aliphatic carbocycles. The molecule has 194 valence electrons. The standard InChI is InChI=1S/C37H31N3/c1-5-15-29-25(11-1)21-22-26-12-2-6-16-30(26)35(29)37(40-38-33-19-9-10-20-34(33)39-40)36-31-17-7-3-13-27(31)23-24-28-14-4-8-18-32(28)36/h1-20,35-37H,21-24H2. The highest BCUT2D eigenvalue weighted by atomic mass is 15.5. The number of rotatable bonds is 3. The van der Waals surface area contributed by atoms with Crippen molar-refractivity contribution in [2.45, 2.75) is 43.6 Å². The van der Waals surface area contributed by atoms with Crippen molar-refractivity contribution in [1.82, 2.24) is 15.0 Å². The van der Waals surface area contributed by atoms with Gasteiger partial charge in [0, 0.05) is 11.8 Å². The van der Waals surface area contributed by atoms with E-state index in [-0.39, 0.29) is 17.9 Å². The molecule has 0 spiro atoms. The van der Waals surface area contributed by atoms with Gasteiger partial charge >= 0.3 is 0 Å². The zero-order chi connectivity index (χ0) is 26.5. The third kappa shape index (κ3) is 3.80. The molecule has 2 aliphatic rings. The SMILES string of the molecule is c1ccc2c(c1)CCc1ccccc1C2C(C1c2ccccc2CCc2ccccc21)n1nc2ccccc2n1. The number of hydrogen-bond acceptors (Lipinski definition) is 2. The van der Waals surface area contributed by atoms with E-state index in [0.29, 0.717) is 0 Å². The molecule has 0 saturated heterocycles. The average Bonchev–Trinajstić information content (AvgIpc) is 3.28. The van der Waals surface area contributed by atoms with Crippen molar-refractivity contribution in [2.75, 3.05) is 0 Å². The summed E-state index contributed by atoms with van der Waals surface area (Å²) in [5, 5.41) is 10.4. The highest BCUT2D eigenvalue weighted by Gasteiger charge is 2.41. The summed E-state index contributed by atoms with van der Waals surface area (Å²) in [7, 11) is 0. The van der Waals surface area contributed by atoms with Crippen LogP contribution in [0.1, 0.15) is 62.4 Å². The van der Waals surface area contributed by atoms with Crippen LogP contribution >= 0.6 is 0 Å². The van der Waals surface area contributed by atoms with Gasteiger partial charge in [-0.25, -0.2) is 0 Å². The highest BCUT2D eigenvalue weighted by Crippen LogP contribution is 2.51. The molecular weight excluding hydrogens is 486 g/mol. The van der Waals surface area contributed by atoms with Crippen molar-refractivity contribution < 1.29 is 0 Å². The minimum Gasteiger partial charge on any atom is -0.179 e. The predicted molar refractivity (Wildman–Crippen MR) is 161 cm³/mol. The number of aryl methyl sites for hydroxylation is 4. The molecule has 3 heteroatoms. The molecule has 40 heavy (non-hydrogen) atoms. The van der Waals surface area contributed by atoms with Crippen molar-refractivity contribution in [3.8, 4) is 0 Å². The Labute approximate surface area is 235 Å². The minimum absolute atomic E-state index is 0.0480. The molecule has 0 unspecified atom stereocenters. The Morgan fingerprint density at radius 3 is 1.07 bits per heavy atom. The lowest BCUT2D eigenvalue weighted by Gasteiger charge is -2.36. The number of aromatic nitrogens is 3. The van der Waals surface area contributed by atoms with E-state index in [9.17, 15) is 0 Å². The predicted octanol–water partition coefficient (Wildman–Crippen LogP) is 7.83. The van der Waals surface area contributed by atoms with E-state index in [2.05, 4.69) is 126 Å². The summed E-state index contributed by atoms with van der Waals surface area (Å²) in [6.45, 7) is 0. The van der Waals surface area contributed by atoms with E-state index in [1.54, 1.807) is 0 Å². The van der Waals surface area contributed by atoms with Crippen LogP contribution in [-0.2, 0) is 25.7 Å². The van der Waals surface area contributed by atoms with E-state index in [0.717, 1.165) is 36.7 Å². The normalized spacial score (nSPS) is 15.1. The van der Waals surface area contributed by atoms with Gasteiger partial charge in [-0.1, -0.05) is 109 Å². The fraction of sp³-hybridized carbons (Fsp3) is 0.189. The molecule has 0 saturated carbocycles. The third-order valence-corrected chi connectivity index (χ3v) is 9.14. The Morgan fingerprint density at radius 2 is 0.725 bits per heavy atom.